The molecule has 2 amide bonds. The van der Waals surface area contributed by atoms with E-state index in [2.05, 4.69) is 4.74 Å². The molecule has 0 fully saturated rings. The van der Waals surface area contributed by atoms with Gasteiger partial charge in [0.05, 0.1) is 24.3 Å². The summed E-state index contributed by atoms with van der Waals surface area (Å²) >= 11 is 0. The lowest BCUT2D eigenvalue weighted by Gasteiger charge is -2.14. The standard InChI is InChI=1S/C11H8F3NO3/c12-11(13,14)18-6-5-15-9(16)7-3-1-2-4-8(7)10(15)17/h1-4H,5-6H2. The van der Waals surface area contributed by atoms with Gasteiger partial charge in [0.15, 0.2) is 0 Å². The highest BCUT2D eigenvalue weighted by molar-refractivity contribution is 6.21. The molecule has 0 aromatic heterocycles. The summed E-state index contributed by atoms with van der Waals surface area (Å²) in [5, 5.41) is 0. The van der Waals surface area contributed by atoms with Gasteiger partial charge in [-0.2, -0.15) is 0 Å². The molecule has 7 heteroatoms. The van der Waals surface area contributed by atoms with Gasteiger partial charge in [0.1, 0.15) is 0 Å². The zero-order valence-electron chi connectivity index (χ0n) is 9.03. The van der Waals surface area contributed by atoms with Crippen molar-refractivity contribution in [3.05, 3.63) is 35.4 Å². The summed E-state index contributed by atoms with van der Waals surface area (Å²) in [5.74, 6) is -1.19. The molecular formula is C11H8F3NO3. The van der Waals surface area contributed by atoms with Crippen LogP contribution in [-0.4, -0.2) is 36.2 Å². The van der Waals surface area contributed by atoms with E-state index in [1.807, 2.05) is 0 Å². The number of hydrogen-bond acceptors (Lipinski definition) is 3. The maximum atomic E-state index is 11.8. The SMILES string of the molecule is O=C1c2ccccc2C(=O)N1CCOC(F)(F)F. The average molecular weight is 259 g/mol. The Bertz CT molecular complexity index is 464. The smallest absolute Gasteiger partial charge is 0.290 e. The normalized spacial score (nSPS) is 15.2. The van der Waals surface area contributed by atoms with Gasteiger partial charge in [-0.1, -0.05) is 12.1 Å². The van der Waals surface area contributed by atoms with Gasteiger partial charge >= 0.3 is 6.36 Å². The Hall–Kier alpha value is -1.89. The Morgan fingerprint density at radius 3 is 2.00 bits per heavy atom. The highest BCUT2D eigenvalue weighted by atomic mass is 19.4. The summed E-state index contributed by atoms with van der Waals surface area (Å²) in [7, 11) is 0. The van der Waals surface area contributed by atoms with Crippen molar-refractivity contribution in [2.45, 2.75) is 6.36 Å². The third-order valence-electron chi connectivity index (χ3n) is 2.46. The van der Waals surface area contributed by atoms with Gasteiger partial charge in [0.25, 0.3) is 11.8 Å². The van der Waals surface area contributed by atoms with Crippen molar-refractivity contribution < 1.29 is 27.5 Å². The number of halogens is 3. The van der Waals surface area contributed by atoms with Crippen LogP contribution in [0.3, 0.4) is 0 Å². The Morgan fingerprint density at radius 1 is 1.06 bits per heavy atom. The molecule has 1 aromatic carbocycles. The molecule has 1 aliphatic rings. The second kappa shape index (κ2) is 4.41. The Kier molecular flexibility index (Phi) is 3.08. The van der Waals surface area contributed by atoms with Crippen molar-refractivity contribution in [2.75, 3.05) is 13.2 Å². The van der Waals surface area contributed by atoms with Crippen LogP contribution < -0.4 is 0 Å². The number of fused-ring (bicyclic) bond motifs is 1. The van der Waals surface area contributed by atoms with E-state index in [0.29, 0.717) is 0 Å². The largest absolute Gasteiger partial charge is 0.522 e. The highest BCUT2D eigenvalue weighted by Crippen LogP contribution is 2.22. The molecule has 1 aliphatic heterocycles. The number of ether oxygens (including phenoxy) is 1. The maximum Gasteiger partial charge on any atom is 0.522 e. The topological polar surface area (TPSA) is 46.6 Å². The van der Waals surface area contributed by atoms with E-state index < -0.39 is 31.3 Å². The lowest BCUT2D eigenvalue weighted by molar-refractivity contribution is -0.324. The molecule has 96 valence electrons. The van der Waals surface area contributed by atoms with Crippen LogP contribution in [0.1, 0.15) is 20.7 Å². The first kappa shape index (κ1) is 12.6. The minimum absolute atomic E-state index is 0.203. The number of rotatable bonds is 3. The third-order valence-corrected chi connectivity index (χ3v) is 2.46. The number of carbonyl (C=O) groups is 2. The Balaban J connectivity index is 2.05. The van der Waals surface area contributed by atoms with Crippen LogP contribution in [0.4, 0.5) is 13.2 Å². The molecule has 0 N–H and O–H groups in total. The number of imide groups is 1. The van der Waals surface area contributed by atoms with Crippen molar-refractivity contribution in [2.24, 2.45) is 0 Å². The van der Waals surface area contributed by atoms with E-state index >= 15 is 0 Å². The van der Waals surface area contributed by atoms with E-state index in [1.165, 1.54) is 12.1 Å². The van der Waals surface area contributed by atoms with Gasteiger partial charge in [-0.05, 0) is 12.1 Å². The summed E-state index contributed by atoms with van der Waals surface area (Å²) in [4.78, 5) is 24.2. The van der Waals surface area contributed by atoms with Crippen LogP contribution >= 0.6 is 0 Å². The number of benzene rings is 1. The summed E-state index contributed by atoms with van der Waals surface area (Å²) in [5.41, 5.74) is 0.406. The molecule has 0 spiro atoms. The lowest BCUT2D eigenvalue weighted by Crippen LogP contribution is -2.34. The minimum atomic E-state index is -4.77. The zero-order chi connectivity index (χ0) is 13.3. The number of nitrogens with zero attached hydrogens (tertiary/aromatic N) is 1. The van der Waals surface area contributed by atoms with E-state index in [0.717, 1.165) is 4.90 Å². The minimum Gasteiger partial charge on any atom is -0.290 e. The summed E-state index contributed by atoms with van der Waals surface area (Å²) < 4.78 is 38.9. The van der Waals surface area contributed by atoms with Crippen LogP contribution in [0.2, 0.25) is 0 Å². The molecular weight excluding hydrogens is 251 g/mol. The van der Waals surface area contributed by atoms with Crippen molar-refractivity contribution in [3.8, 4) is 0 Å². The third kappa shape index (κ3) is 2.35. The molecule has 1 aromatic rings. The quantitative estimate of drug-likeness (QED) is 0.778. The van der Waals surface area contributed by atoms with Crippen LogP contribution in [0, 0.1) is 0 Å². The summed E-state index contributed by atoms with van der Waals surface area (Å²) in [6, 6.07) is 6.08. The number of carbonyl (C=O) groups excluding carboxylic acids is 2. The van der Waals surface area contributed by atoms with Crippen LogP contribution in [0.5, 0.6) is 0 Å². The Morgan fingerprint density at radius 2 is 1.56 bits per heavy atom. The number of alkyl halides is 3. The molecule has 0 bridgehead atoms. The first-order chi connectivity index (χ1) is 8.40. The van der Waals surface area contributed by atoms with Gasteiger partial charge in [0, 0.05) is 0 Å². The highest BCUT2D eigenvalue weighted by Gasteiger charge is 2.36. The van der Waals surface area contributed by atoms with E-state index in [9.17, 15) is 22.8 Å². The molecule has 0 atom stereocenters. The zero-order valence-corrected chi connectivity index (χ0v) is 9.03. The van der Waals surface area contributed by atoms with Crippen molar-refractivity contribution in [3.63, 3.8) is 0 Å². The van der Waals surface area contributed by atoms with Crippen molar-refractivity contribution >= 4 is 11.8 Å². The van der Waals surface area contributed by atoms with Crippen molar-refractivity contribution in [1.82, 2.24) is 4.90 Å². The van der Waals surface area contributed by atoms with Crippen LogP contribution in [0.15, 0.2) is 24.3 Å². The van der Waals surface area contributed by atoms with Gasteiger partial charge in [-0.25, -0.2) is 0 Å². The fraction of sp³-hybridized carbons (Fsp3) is 0.273. The van der Waals surface area contributed by atoms with Crippen molar-refractivity contribution in [1.29, 1.82) is 0 Å². The first-order valence-electron chi connectivity index (χ1n) is 5.06. The van der Waals surface area contributed by atoms with E-state index in [4.69, 9.17) is 0 Å². The molecule has 4 nitrogen and oxygen atoms in total. The summed E-state index contributed by atoms with van der Waals surface area (Å²) in [6.07, 6.45) is -4.77. The summed E-state index contributed by atoms with van der Waals surface area (Å²) in [6.45, 7) is -1.19. The predicted molar refractivity (Wildman–Crippen MR) is 53.8 cm³/mol. The molecule has 1 heterocycles. The molecule has 0 saturated carbocycles. The molecule has 2 rings (SSSR count). The maximum absolute atomic E-state index is 11.8. The molecule has 0 saturated heterocycles. The van der Waals surface area contributed by atoms with Gasteiger partial charge in [0.2, 0.25) is 0 Å². The van der Waals surface area contributed by atoms with Gasteiger partial charge in [-0.3, -0.25) is 19.2 Å². The molecule has 0 radical (unpaired) electrons. The Labute approximate surface area is 99.9 Å². The fourth-order valence-electron chi connectivity index (χ4n) is 1.69. The van der Waals surface area contributed by atoms with Crippen LogP contribution in [-0.2, 0) is 4.74 Å². The number of amides is 2. The monoisotopic (exact) mass is 259 g/mol. The van der Waals surface area contributed by atoms with Gasteiger partial charge in [-0.15, -0.1) is 13.2 Å². The molecule has 18 heavy (non-hydrogen) atoms. The van der Waals surface area contributed by atoms with E-state index in [1.54, 1.807) is 12.1 Å². The fourth-order valence-corrected chi connectivity index (χ4v) is 1.69. The second-order valence-corrected chi connectivity index (χ2v) is 3.60. The average Bonchev–Trinajstić information content (AvgIpc) is 2.53. The second-order valence-electron chi connectivity index (χ2n) is 3.60. The van der Waals surface area contributed by atoms with E-state index in [-0.39, 0.29) is 11.1 Å². The predicted octanol–water partition coefficient (Wildman–Crippen LogP) is 1.82. The molecule has 0 unspecified atom stereocenters. The number of hydrogen-bond donors (Lipinski definition) is 0. The van der Waals surface area contributed by atoms with Crippen LogP contribution in [0.25, 0.3) is 0 Å². The van der Waals surface area contributed by atoms with Gasteiger partial charge < -0.3 is 0 Å². The first-order valence-corrected chi connectivity index (χ1v) is 5.06. The molecule has 0 aliphatic carbocycles. The lowest BCUT2D eigenvalue weighted by atomic mass is 10.1.